The fourth-order valence-corrected chi connectivity index (χ4v) is 3.98. The van der Waals surface area contributed by atoms with Gasteiger partial charge in [0, 0.05) is 33.5 Å². The molecule has 0 atom stereocenters. The summed E-state index contributed by atoms with van der Waals surface area (Å²) in [4.78, 5) is 10.4. The Bertz CT molecular complexity index is 941. The summed E-state index contributed by atoms with van der Waals surface area (Å²) in [6, 6.07) is 15.0. The van der Waals surface area contributed by atoms with Crippen molar-refractivity contribution in [3.05, 3.63) is 75.3 Å². The number of phenolic OH excluding ortho intramolecular Hbond substituents is 1. The maximum atomic E-state index is 9.88. The van der Waals surface area contributed by atoms with Crippen LogP contribution in [0.15, 0.2) is 53.5 Å². The van der Waals surface area contributed by atoms with E-state index in [1.165, 1.54) is 0 Å². The summed E-state index contributed by atoms with van der Waals surface area (Å²) in [6.07, 6.45) is 2.38. The molecule has 3 aromatic rings. The van der Waals surface area contributed by atoms with Gasteiger partial charge in [0.25, 0.3) is 0 Å². The topological polar surface area (TPSA) is 45.5 Å². The van der Waals surface area contributed by atoms with Crippen LogP contribution in [0.3, 0.4) is 0 Å². The lowest BCUT2D eigenvalue weighted by Gasteiger charge is -2.17. The Kier molecular flexibility index (Phi) is 5.44. The van der Waals surface area contributed by atoms with Crippen LogP contribution in [-0.4, -0.2) is 16.3 Å². The number of nitrogens with zero attached hydrogens (tertiary/aromatic N) is 2. The number of thiazole rings is 1. The molecule has 1 heterocycles. The van der Waals surface area contributed by atoms with Crippen LogP contribution in [0.1, 0.15) is 42.5 Å². The monoisotopic (exact) mass is 384 g/mol. The van der Waals surface area contributed by atoms with Crippen molar-refractivity contribution in [2.24, 2.45) is 4.99 Å². The predicted molar refractivity (Wildman–Crippen MR) is 110 cm³/mol. The molecule has 134 valence electrons. The number of hydrogen-bond donors (Lipinski definition) is 1. The first-order valence-corrected chi connectivity index (χ1v) is 9.59. The molecule has 0 fully saturated rings. The van der Waals surface area contributed by atoms with E-state index < -0.39 is 0 Å². The molecule has 3 nitrogen and oxygen atoms in total. The predicted octanol–water partition coefficient (Wildman–Crippen LogP) is 6.14. The molecule has 5 heteroatoms. The molecular formula is C21H21ClN2OS. The third kappa shape index (κ3) is 4.32. The molecule has 0 unspecified atom stereocenters. The lowest BCUT2D eigenvalue weighted by atomic mass is 9.90. The molecule has 26 heavy (non-hydrogen) atoms. The van der Waals surface area contributed by atoms with Crippen LogP contribution in [0.25, 0.3) is 0 Å². The first-order valence-electron chi connectivity index (χ1n) is 8.40. The Morgan fingerprint density at radius 2 is 1.81 bits per heavy atom. The second kappa shape index (κ2) is 7.60. The number of aliphatic imine (C=N–C) groups is 1. The molecule has 1 N–H and O–H groups in total. The van der Waals surface area contributed by atoms with Gasteiger partial charge in [-0.05, 0) is 23.8 Å². The van der Waals surface area contributed by atoms with E-state index in [2.05, 4.69) is 25.8 Å². The molecule has 0 radical (unpaired) electrons. The Hall–Kier alpha value is -2.17. The highest BCUT2D eigenvalue weighted by Gasteiger charge is 2.23. The van der Waals surface area contributed by atoms with Gasteiger partial charge < -0.3 is 5.11 Å². The van der Waals surface area contributed by atoms with Gasteiger partial charge in [0.2, 0.25) is 5.13 Å². The number of phenols is 1. The Balaban J connectivity index is 1.95. The Morgan fingerprint density at radius 1 is 1.12 bits per heavy atom. The van der Waals surface area contributed by atoms with Crippen LogP contribution in [0.5, 0.6) is 5.75 Å². The number of benzene rings is 2. The van der Waals surface area contributed by atoms with Crippen LogP contribution in [0.4, 0.5) is 5.13 Å². The summed E-state index contributed by atoms with van der Waals surface area (Å²) in [5.41, 5.74) is 2.70. The van der Waals surface area contributed by atoms with Gasteiger partial charge in [0.05, 0.1) is 5.69 Å². The van der Waals surface area contributed by atoms with E-state index in [0.29, 0.717) is 10.7 Å². The van der Waals surface area contributed by atoms with Crippen LogP contribution >= 0.6 is 22.9 Å². The molecule has 0 bridgehead atoms. The second-order valence-corrected chi connectivity index (χ2v) is 8.57. The zero-order valence-corrected chi connectivity index (χ0v) is 16.6. The fourth-order valence-electron chi connectivity index (χ4n) is 2.64. The summed E-state index contributed by atoms with van der Waals surface area (Å²) >= 11 is 7.90. The smallest absolute Gasteiger partial charge is 0.209 e. The summed E-state index contributed by atoms with van der Waals surface area (Å²) in [7, 11) is 0. The van der Waals surface area contributed by atoms with E-state index in [1.54, 1.807) is 29.7 Å². The van der Waals surface area contributed by atoms with Crippen molar-refractivity contribution in [1.82, 2.24) is 4.98 Å². The second-order valence-electron chi connectivity index (χ2n) is 7.10. The number of aromatic hydroxyl groups is 1. The molecule has 0 aliphatic rings. The largest absolute Gasteiger partial charge is 0.507 e. The number of hydrogen-bond acceptors (Lipinski definition) is 4. The lowest BCUT2D eigenvalue weighted by molar-refractivity contribution is 0.474. The van der Waals surface area contributed by atoms with Crippen LogP contribution in [-0.2, 0) is 11.8 Å². The first kappa shape index (κ1) is 18.6. The highest BCUT2D eigenvalue weighted by molar-refractivity contribution is 7.15. The molecular weight excluding hydrogens is 364 g/mol. The van der Waals surface area contributed by atoms with Crippen LogP contribution in [0, 0.1) is 0 Å². The zero-order valence-electron chi connectivity index (χ0n) is 15.0. The van der Waals surface area contributed by atoms with Crippen molar-refractivity contribution in [1.29, 1.82) is 0 Å². The minimum Gasteiger partial charge on any atom is -0.507 e. The van der Waals surface area contributed by atoms with Gasteiger partial charge in [-0.25, -0.2) is 9.98 Å². The average molecular weight is 385 g/mol. The van der Waals surface area contributed by atoms with Crippen molar-refractivity contribution in [2.75, 3.05) is 0 Å². The third-order valence-corrected chi connectivity index (χ3v) is 5.29. The van der Waals surface area contributed by atoms with Crippen molar-refractivity contribution >= 4 is 34.3 Å². The molecule has 3 rings (SSSR count). The number of halogens is 1. The summed E-state index contributed by atoms with van der Waals surface area (Å²) in [6.45, 7) is 6.44. The van der Waals surface area contributed by atoms with Gasteiger partial charge in [-0.3, -0.25) is 0 Å². The molecule has 0 amide bonds. The van der Waals surface area contributed by atoms with E-state index in [1.807, 2.05) is 36.4 Å². The zero-order chi connectivity index (χ0) is 18.7. The molecule has 1 aromatic heterocycles. The van der Waals surface area contributed by atoms with Gasteiger partial charge in [0.15, 0.2) is 0 Å². The lowest BCUT2D eigenvalue weighted by Crippen LogP contribution is -2.14. The summed E-state index contributed by atoms with van der Waals surface area (Å²) in [5, 5.41) is 11.3. The molecule has 0 spiro atoms. The first-order chi connectivity index (χ1) is 12.3. The standard InChI is InChI=1S/C21H21ClN2OS/c1-21(2,3)19-18(12-14-8-4-6-10-16(14)22)26-20(24-19)23-13-15-9-5-7-11-17(15)25/h4-11,13,25H,12H2,1-3H3/b23-13+. The van der Waals surface area contributed by atoms with E-state index in [-0.39, 0.29) is 11.2 Å². The number of rotatable bonds is 4. The van der Waals surface area contributed by atoms with Crippen LogP contribution in [0.2, 0.25) is 5.02 Å². The number of para-hydroxylation sites is 1. The Labute approximate surface area is 163 Å². The number of aromatic nitrogens is 1. The van der Waals surface area contributed by atoms with Gasteiger partial charge in [-0.1, -0.05) is 74.0 Å². The van der Waals surface area contributed by atoms with Crippen molar-refractivity contribution < 1.29 is 5.11 Å². The van der Waals surface area contributed by atoms with Gasteiger partial charge >= 0.3 is 0 Å². The van der Waals surface area contributed by atoms with E-state index in [0.717, 1.165) is 27.6 Å². The van der Waals surface area contributed by atoms with E-state index in [4.69, 9.17) is 16.6 Å². The highest BCUT2D eigenvalue weighted by Crippen LogP contribution is 2.36. The van der Waals surface area contributed by atoms with Crippen molar-refractivity contribution in [3.63, 3.8) is 0 Å². The minimum atomic E-state index is -0.0876. The van der Waals surface area contributed by atoms with Gasteiger partial charge in [-0.15, -0.1) is 0 Å². The quantitative estimate of drug-likeness (QED) is 0.549. The fraction of sp³-hybridized carbons (Fsp3) is 0.238. The maximum absolute atomic E-state index is 9.88. The van der Waals surface area contributed by atoms with Gasteiger partial charge in [-0.2, -0.15) is 0 Å². The molecule has 0 saturated carbocycles. The molecule has 0 saturated heterocycles. The third-order valence-electron chi connectivity index (χ3n) is 3.96. The normalized spacial score (nSPS) is 12.0. The van der Waals surface area contributed by atoms with E-state index in [9.17, 15) is 5.11 Å². The van der Waals surface area contributed by atoms with Crippen LogP contribution < -0.4 is 0 Å². The van der Waals surface area contributed by atoms with Crippen molar-refractivity contribution in [2.45, 2.75) is 32.6 Å². The summed E-state index contributed by atoms with van der Waals surface area (Å²) < 4.78 is 0. The van der Waals surface area contributed by atoms with E-state index >= 15 is 0 Å². The minimum absolute atomic E-state index is 0.0876. The average Bonchev–Trinajstić information content (AvgIpc) is 2.99. The summed E-state index contributed by atoms with van der Waals surface area (Å²) in [5.74, 6) is 0.208. The van der Waals surface area contributed by atoms with Crippen molar-refractivity contribution in [3.8, 4) is 5.75 Å². The molecule has 2 aromatic carbocycles. The maximum Gasteiger partial charge on any atom is 0.209 e. The highest BCUT2D eigenvalue weighted by atomic mass is 35.5. The molecule has 0 aliphatic carbocycles. The molecule has 0 aliphatic heterocycles. The Morgan fingerprint density at radius 3 is 2.50 bits per heavy atom. The van der Waals surface area contributed by atoms with Gasteiger partial charge in [0.1, 0.15) is 5.75 Å². The SMILES string of the molecule is CC(C)(C)c1nc(/N=C/c2ccccc2O)sc1Cc1ccccc1Cl.